The van der Waals surface area contributed by atoms with Crippen molar-refractivity contribution >= 4 is 5.97 Å². The fourth-order valence-electron chi connectivity index (χ4n) is 2.75. The maximum Gasteiger partial charge on any atom is 0.422 e. The molecule has 0 amide bonds. The number of hydrogen-bond donors (Lipinski definition) is 1. The molecule has 0 saturated carbocycles. The normalized spacial score (nSPS) is 12.9. The molecular weight excluding hydrogens is 364 g/mol. The molecule has 1 atom stereocenters. The summed E-state index contributed by atoms with van der Waals surface area (Å²) in [7, 11) is 0. The molecule has 2 aromatic carbocycles. The van der Waals surface area contributed by atoms with Crippen LogP contribution < -0.4 is 4.74 Å². The Morgan fingerprint density at radius 3 is 2.26 bits per heavy atom. The third-order valence-corrected chi connectivity index (χ3v) is 3.96. The smallest absolute Gasteiger partial charge is 0.422 e. The minimum absolute atomic E-state index is 0.0856. The van der Waals surface area contributed by atoms with Gasteiger partial charge in [-0.1, -0.05) is 38.1 Å². The van der Waals surface area contributed by atoms with Crippen LogP contribution in [0.3, 0.4) is 0 Å². The van der Waals surface area contributed by atoms with E-state index in [0.29, 0.717) is 23.1 Å². The van der Waals surface area contributed by atoms with Crippen LogP contribution in [0.25, 0.3) is 11.1 Å². The first kappa shape index (κ1) is 20.7. The second kappa shape index (κ2) is 8.41. The molecule has 3 nitrogen and oxygen atoms in total. The Morgan fingerprint density at radius 1 is 1.11 bits per heavy atom. The zero-order valence-corrected chi connectivity index (χ0v) is 14.9. The molecule has 146 valence electrons. The van der Waals surface area contributed by atoms with Crippen molar-refractivity contribution in [2.75, 3.05) is 6.61 Å². The van der Waals surface area contributed by atoms with Crippen LogP contribution in [0.1, 0.15) is 31.7 Å². The highest BCUT2D eigenvalue weighted by molar-refractivity contribution is 5.78. The van der Waals surface area contributed by atoms with E-state index >= 15 is 0 Å². The van der Waals surface area contributed by atoms with E-state index < -0.39 is 30.5 Å². The van der Waals surface area contributed by atoms with E-state index in [9.17, 15) is 27.5 Å². The van der Waals surface area contributed by atoms with Crippen LogP contribution in [0.5, 0.6) is 5.75 Å². The van der Waals surface area contributed by atoms with Gasteiger partial charge in [0.05, 0.1) is 5.92 Å². The van der Waals surface area contributed by atoms with E-state index in [-0.39, 0.29) is 11.7 Å². The van der Waals surface area contributed by atoms with Gasteiger partial charge in [-0.15, -0.1) is 0 Å². The number of carboxylic acid groups (broad SMARTS) is 1. The molecule has 7 heteroatoms. The fraction of sp³-hybridized carbons (Fsp3) is 0.350. The summed E-state index contributed by atoms with van der Waals surface area (Å²) in [5.41, 5.74) is 1.16. The van der Waals surface area contributed by atoms with E-state index in [1.807, 2.05) is 13.8 Å². The number of rotatable bonds is 7. The topological polar surface area (TPSA) is 46.5 Å². The Kier molecular flexibility index (Phi) is 6.46. The molecule has 1 N–H and O–H groups in total. The van der Waals surface area contributed by atoms with E-state index in [0.717, 1.165) is 0 Å². The van der Waals surface area contributed by atoms with Gasteiger partial charge in [0.1, 0.15) is 11.6 Å². The predicted molar refractivity (Wildman–Crippen MR) is 93.2 cm³/mol. The number of carboxylic acids is 1. The number of alkyl halides is 3. The molecule has 0 radical (unpaired) electrons. The first-order valence-corrected chi connectivity index (χ1v) is 8.39. The minimum atomic E-state index is -4.54. The number of benzene rings is 2. The number of aliphatic carboxylic acids is 1. The number of carbonyl (C=O) groups is 1. The summed E-state index contributed by atoms with van der Waals surface area (Å²) >= 11 is 0. The maximum absolute atomic E-state index is 13.1. The van der Waals surface area contributed by atoms with Gasteiger partial charge in [0.2, 0.25) is 0 Å². The third kappa shape index (κ3) is 5.98. The number of hydrogen-bond acceptors (Lipinski definition) is 2. The van der Waals surface area contributed by atoms with Crippen LogP contribution in [0.15, 0.2) is 42.5 Å². The second-order valence-electron chi connectivity index (χ2n) is 6.69. The zero-order chi connectivity index (χ0) is 20.2. The largest absolute Gasteiger partial charge is 0.483 e. The van der Waals surface area contributed by atoms with Crippen molar-refractivity contribution in [1.82, 2.24) is 0 Å². The molecule has 0 heterocycles. The number of halogens is 4. The lowest BCUT2D eigenvalue weighted by molar-refractivity contribution is -0.153. The van der Waals surface area contributed by atoms with Gasteiger partial charge in [0, 0.05) is 5.56 Å². The van der Waals surface area contributed by atoms with Gasteiger partial charge in [0.25, 0.3) is 0 Å². The average molecular weight is 384 g/mol. The first-order valence-electron chi connectivity index (χ1n) is 8.39. The highest BCUT2D eigenvalue weighted by atomic mass is 19.4. The van der Waals surface area contributed by atoms with Crippen LogP contribution in [0.2, 0.25) is 0 Å². The van der Waals surface area contributed by atoms with Crippen LogP contribution in [0, 0.1) is 11.7 Å². The van der Waals surface area contributed by atoms with Crippen LogP contribution in [0.4, 0.5) is 17.6 Å². The monoisotopic (exact) mass is 384 g/mol. The van der Waals surface area contributed by atoms with Gasteiger partial charge < -0.3 is 9.84 Å². The van der Waals surface area contributed by atoms with E-state index in [2.05, 4.69) is 0 Å². The van der Waals surface area contributed by atoms with Gasteiger partial charge in [0.15, 0.2) is 6.61 Å². The van der Waals surface area contributed by atoms with Crippen molar-refractivity contribution in [3.05, 3.63) is 53.8 Å². The molecule has 2 aromatic rings. The van der Waals surface area contributed by atoms with Crippen molar-refractivity contribution in [1.29, 1.82) is 0 Å². The summed E-state index contributed by atoms with van der Waals surface area (Å²) < 4.78 is 55.9. The summed E-state index contributed by atoms with van der Waals surface area (Å²) in [5.74, 6) is -2.40. The molecule has 1 unspecified atom stereocenters. The van der Waals surface area contributed by atoms with Crippen molar-refractivity contribution < 1.29 is 32.2 Å². The summed E-state index contributed by atoms with van der Waals surface area (Å²) in [4.78, 5) is 11.6. The van der Waals surface area contributed by atoms with Crippen molar-refractivity contribution in [2.45, 2.75) is 32.4 Å². The van der Waals surface area contributed by atoms with Gasteiger partial charge in [-0.2, -0.15) is 13.2 Å². The van der Waals surface area contributed by atoms with Crippen LogP contribution in [-0.2, 0) is 4.79 Å². The summed E-state index contributed by atoms with van der Waals surface area (Å²) in [6.45, 7) is 2.22. The molecule has 2 rings (SSSR count). The van der Waals surface area contributed by atoms with Crippen LogP contribution >= 0.6 is 0 Å². The molecule has 0 bridgehead atoms. The Balaban J connectivity index is 2.47. The van der Waals surface area contributed by atoms with Gasteiger partial charge in [-0.25, -0.2) is 4.39 Å². The first-order chi connectivity index (χ1) is 12.6. The number of ether oxygens (including phenoxy) is 1. The lowest BCUT2D eigenvalue weighted by atomic mass is 9.89. The lowest BCUT2D eigenvalue weighted by Gasteiger charge is -2.19. The molecule has 27 heavy (non-hydrogen) atoms. The van der Waals surface area contributed by atoms with Crippen molar-refractivity contribution in [3.63, 3.8) is 0 Å². The summed E-state index contributed by atoms with van der Waals surface area (Å²) in [6.07, 6.45) is -4.20. The maximum atomic E-state index is 13.1. The molecule has 0 aliphatic carbocycles. The van der Waals surface area contributed by atoms with Crippen molar-refractivity contribution in [3.8, 4) is 16.9 Å². The SMILES string of the molecule is CC(C)CC(C(=O)O)c1ccc(-c2ccc(F)cc2)c(OCC(F)(F)F)c1. The minimum Gasteiger partial charge on any atom is -0.483 e. The van der Waals surface area contributed by atoms with Gasteiger partial charge in [-0.05, 0) is 41.7 Å². The molecule has 0 aliphatic heterocycles. The molecule has 0 spiro atoms. The highest BCUT2D eigenvalue weighted by Gasteiger charge is 2.29. The molecular formula is C20H20F4O3. The second-order valence-corrected chi connectivity index (χ2v) is 6.69. The lowest BCUT2D eigenvalue weighted by Crippen LogP contribution is -2.20. The summed E-state index contributed by atoms with van der Waals surface area (Å²) in [6, 6.07) is 9.61. The Hall–Kier alpha value is -2.57. The molecule has 0 aromatic heterocycles. The summed E-state index contributed by atoms with van der Waals surface area (Å²) in [5, 5.41) is 9.48. The van der Waals surface area contributed by atoms with Gasteiger partial charge >= 0.3 is 12.1 Å². The van der Waals surface area contributed by atoms with Crippen LogP contribution in [-0.4, -0.2) is 23.9 Å². The quantitative estimate of drug-likeness (QED) is 0.628. The Bertz CT molecular complexity index is 783. The predicted octanol–water partition coefficient (Wildman–Crippen LogP) is 5.65. The van der Waals surface area contributed by atoms with Crippen molar-refractivity contribution in [2.24, 2.45) is 5.92 Å². The third-order valence-electron chi connectivity index (χ3n) is 3.96. The fourth-order valence-corrected chi connectivity index (χ4v) is 2.75. The Labute approximate surface area is 154 Å². The Morgan fingerprint density at radius 2 is 1.74 bits per heavy atom. The molecule has 0 fully saturated rings. The van der Waals surface area contributed by atoms with Gasteiger partial charge in [-0.3, -0.25) is 4.79 Å². The standard InChI is InChI=1S/C20H20F4O3/c1-12(2)9-17(19(25)26)14-5-8-16(13-3-6-15(21)7-4-13)18(10-14)27-11-20(22,23)24/h3-8,10,12,17H,9,11H2,1-2H3,(H,25,26). The van der Waals surface area contributed by atoms with E-state index in [4.69, 9.17) is 4.74 Å². The molecule has 0 saturated heterocycles. The molecule has 0 aliphatic rings. The highest BCUT2D eigenvalue weighted by Crippen LogP contribution is 2.36. The zero-order valence-electron chi connectivity index (χ0n) is 14.9. The average Bonchev–Trinajstić information content (AvgIpc) is 2.57. The van der Waals surface area contributed by atoms with E-state index in [1.54, 1.807) is 6.07 Å². The van der Waals surface area contributed by atoms with E-state index in [1.165, 1.54) is 36.4 Å².